The zero-order chi connectivity index (χ0) is 12.7. The van der Waals surface area contributed by atoms with E-state index in [4.69, 9.17) is 4.74 Å². The SMILES string of the molecule is C=C[C@@H]1O[C@H](C)[C@@H]2C[C@H](C(C)C)C(=O)[C@H]2C1=C. The fourth-order valence-corrected chi connectivity index (χ4v) is 3.31. The van der Waals surface area contributed by atoms with E-state index in [1.807, 2.05) is 0 Å². The molecule has 0 aromatic carbocycles. The number of hydrogen-bond acceptors (Lipinski definition) is 2. The van der Waals surface area contributed by atoms with E-state index < -0.39 is 0 Å². The van der Waals surface area contributed by atoms with Crippen LogP contribution in [0.25, 0.3) is 0 Å². The Morgan fingerprint density at radius 1 is 1.47 bits per heavy atom. The molecular formula is C15H22O2. The summed E-state index contributed by atoms with van der Waals surface area (Å²) in [5.74, 6) is 1.27. The van der Waals surface area contributed by atoms with Gasteiger partial charge in [-0.05, 0) is 30.8 Å². The number of ether oxygens (including phenoxy) is 1. The summed E-state index contributed by atoms with van der Waals surface area (Å²) in [5, 5.41) is 0. The minimum atomic E-state index is -0.152. The highest BCUT2D eigenvalue weighted by Gasteiger charge is 2.50. The highest BCUT2D eigenvalue weighted by Crippen LogP contribution is 2.47. The second kappa shape index (κ2) is 4.41. The lowest BCUT2D eigenvalue weighted by Gasteiger charge is -2.37. The Morgan fingerprint density at radius 3 is 2.65 bits per heavy atom. The van der Waals surface area contributed by atoms with Crippen molar-refractivity contribution in [3.63, 3.8) is 0 Å². The third kappa shape index (κ3) is 1.89. The molecule has 1 aliphatic heterocycles. The molecule has 0 N–H and O–H groups in total. The van der Waals surface area contributed by atoms with Crippen LogP contribution in [0.4, 0.5) is 0 Å². The summed E-state index contributed by atoms with van der Waals surface area (Å²) in [6, 6.07) is 0. The van der Waals surface area contributed by atoms with Crippen molar-refractivity contribution in [3.05, 3.63) is 24.8 Å². The van der Waals surface area contributed by atoms with Gasteiger partial charge in [0.1, 0.15) is 5.78 Å². The lowest BCUT2D eigenvalue weighted by Crippen LogP contribution is -2.40. The first kappa shape index (κ1) is 12.6. The average Bonchev–Trinajstić information content (AvgIpc) is 2.62. The summed E-state index contributed by atoms with van der Waals surface area (Å²) in [6.45, 7) is 14.2. The predicted molar refractivity (Wildman–Crippen MR) is 68.6 cm³/mol. The Hall–Kier alpha value is -0.890. The van der Waals surface area contributed by atoms with Gasteiger partial charge in [-0.1, -0.05) is 26.5 Å². The molecule has 0 spiro atoms. The first-order valence-corrected chi connectivity index (χ1v) is 6.47. The molecule has 17 heavy (non-hydrogen) atoms. The van der Waals surface area contributed by atoms with Crippen molar-refractivity contribution >= 4 is 5.78 Å². The van der Waals surface area contributed by atoms with Gasteiger partial charge in [0.15, 0.2) is 0 Å². The lowest BCUT2D eigenvalue weighted by atomic mass is 9.80. The van der Waals surface area contributed by atoms with Crippen molar-refractivity contribution in [3.8, 4) is 0 Å². The van der Waals surface area contributed by atoms with E-state index in [2.05, 4.69) is 33.9 Å². The first-order valence-electron chi connectivity index (χ1n) is 6.47. The number of fused-ring (bicyclic) bond motifs is 1. The maximum atomic E-state index is 12.4. The number of rotatable bonds is 2. The summed E-state index contributed by atoms with van der Waals surface area (Å²) in [7, 11) is 0. The lowest BCUT2D eigenvalue weighted by molar-refractivity contribution is -0.127. The summed E-state index contributed by atoms with van der Waals surface area (Å²) in [5.41, 5.74) is 0.913. The Labute approximate surface area is 104 Å². The van der Waals surface area contributed by atoms with E-state index in [0.29, 0.717) is 17.6 Å². The summed E-state index contributed by atoms with van der Waals surface area (Å²) in [6.07, 6.45) is 2.68. The molecule has 0 aromatic rings. The Kier molecular flexibility index (Phi) is 3.26. The van der Waals surface area contributed by atoms with Gasteiger partial charge in [0.05, 0.1) is 12.2 Å². The molecule has 0 bridgehead atoms. The fourth-order valence-electron chi connectivity index (χ4n) is 3.31. The number of hydrogen-bond donors (Lipinski definition) is 0. The number of ketones is 1. The van der Waals surface area contributed by atoms with Gasteiger partial charge in [-0.25, -0.2) is 0 Å². The second-order valence-electron chi connectivity index (χ2n) is 5.70. The smallest absolute Gasteiger partial charge is 0.143 e. The molecule has 0 amide bonds. The van der Waals surface area contributed by atoms with Crippen molar-refractivity contribution in [2.24, 2.45) is 23.7 Å². The third-order valence-electron chi connectivity index (χ3n) is 4.37. The van der Waals surface area contributed by atoms with Gasteiger partial charge in [-0.3, -0.25) is 4.79 Å². The number of carbonyl (C=O) groups is 1. The molecular weight excluding hydrogens is 212 g/mol. The van der Waals surface area contributed by atoms with Gasteiger partial charge in [0, 0.05) is 11.8 Å². The van der Waals surface area contributed by atoms with E-state index >= 15 is 0 Å². The van der Waals surface area contributed by atoms with Crippen LogP contribution in [-0.2, 0) is 9.53 Å². The van der Waals surface area contributed by atoms with Crippen LogP contribution < -0.4 is 0 Å². The van der Waals surface area contributed by atoms with Gasteiger partial charge in [-0.15, -0.1) is 6.58 Å². The monoisotopic (exact) mass is 234 g/mol. The second-order valence-corrected chi connectivity index (χ2v) is 5.70. The molecule has 94 valence electrons. The summed E-state index contributed by atoms with van der Waals surface area (Å²) < 4.78 is 5.87. The van der Waals surface area contributed by atoms with Crippen molar-refractivity contribution in [2.45, 2.75) is 39.4 Å². The van der Waals surface area contributed by atoms with Gasteiger partial charge in [0.2, 0.25) is 0 Å². The van der Waals surface area contributed by atoms with Gasteiger partial charge in [-0.2, -0.15) is 0 Å². The third-order valence-corrected chi connectivity index (χ3v) is 4.37. The molecule has 1 saturated heterocycles. The van der Waals surface area contributed by atoms with Crippen LogP contribution in [0.3, 0.4) is 0 Å². The molecule has 2 nitrogen and oxygen atoms in total. The van der Waals surface area contributed by atoms with E-state index in [1.165, 1.54) is 0 Å². The van der Waals surface area contributed by atoms with Crippen molar-refractivity contribution in [2.75, 3.05) is 0 Å². The molecule has 2 rings (SSSR count). The van der Waals surface area contributed by atoms with Crippen LogP contribution in [0.1, 0.15) is 27.2 Å². The Bertz CT molecular complexity index is 356. The molecule has 1 aliphatic carbocycles. The molecule has 5 atom stereocenters. The standard InChI is InChI=1S/C15H22O2/c1-6-13-9(4)14-12(10(5)17-13)7-11(8(2)3)15(14)16/h6,8,10-14H,1,4,7H2,2-3,5H3/t10-,11-,12+,13+,14+/m1/s1. The normalized spacial score (nSPS) is 41.8. The summed E-state index contributed by atoms with van der Waals surface area (Å²) >= 11 is 0. The van der Waals surface area contributed by atoms with E-state index in [0.717, 1.165) is 12.0 Å². The van der Waals surface area contributed by atoms with Crippen LogP contribution in [0, 0.1) is 23.7 Å². The topological polar surface area (TPSA) is 26.3 Å². The predicted octanol–water partition coefficient (Wildman–Crippen LogP) is 2.99. The van der Waals surface area contributed by atoms with Crippen LogP contribution in [0.2, 0.25) is 0 Å². The maximum absolute atomic E-state index is 12.4. The van der Waals surface area contributed by atoms with Crippen LogP contribution >= 0.6 is 0 Å². The minimum Gasteiger partial charge on any atom is -0.366 e. The first-order chi connectivity index (χ1) is 7.97. The molecule has 0 radical (unpaired) electrons. The summed E-state index contributed by atoms with van der Waals surface area (Å²) in [4.78, 5) is 12.4. The molecule has 2 heteroatoms. The van der Waals surface area contributed by atoms with Gasteiger partial charge >= 0.3 is 0 Å². The van der Waals surface area contributed by atoms with Crippen molar-refractivity contribution in [1.29, 1.82) is 0 Å². The highest BCUT2D eigenvalue weighted by atomic mass is 16.5. The molecule has 1 heterocycles. The van der Waals surface area contributed by atoms with Gasteiger partial charge in [0.25, 0.3) is 0 Å². The number of Topliss-reactive ketones (excluding diaryl/α,β-unsaturated/α-hetero) is 1. The highest BCUT2D eigenvalue weighted by molar-refractivity contribution is 5.89. The fraction of sp³-hybridized carbons (Fsp3) is 0.667. The molecule has 0 unspecified atom stereocenters. The minimum absolute atomic E-state index is 0.00542. The zero-order valence-electron chi connectivity index (χ0n) is 11.0. The largest absolute Gasteiger partial charge is 0.366 e. The Balaban J connectivity index is 2.29. The van der Waals surface area contributed by atoms with Crippen molar-refractivity contribution < 1.29 is 9.53 Å². The maximum Gasteiger partial charge on any atom is 0.143 e. The number of carbonyl (C=O) groups excluding carboxylic acids is 1. The van der Waals surface area contributed by atoms with Gasteiger partial charge < -0.3 is 4.74 Å². The van der Waals surface area contributed by atoms with E-state index in [9.17, 15) is 4.79 Å². The average molecular weight is 234 g/mol. The Morgan fingerprint density at radius 2 is 2.12 bits per heavy atom. The molecule has 2 fully saturated rings. The van der Waals surface area contributed by atoms with Crippen LogP contribution in [-0.4, -0.2) is 18.0 Å². The quantitative estimate of drug-likeness (QED) is 0.687. The molecule has 2 aliphatic rings. The van der Waals surface area contributed by atoms with Crippen LogP contribution in [0.15, 0.2) is 24.8 Å². The van der Waals surface area contributed by atoms with Crippen LogP contribution in [0.5, 0.6) is 0 Å². The van der Waals surface area contributed by atoms with E-state index in [1.54, 1.807) is 6.08 Å². The molecule has 1 saturated carbocycles. The zero-order valence-corrected chi connectivity index (χ0v) is 11.0. The molecule has 0 aromatic heterocycles. The van der Waals surface area contributed by atoms with E-state index in [-0.39, 0.29) is 24.0 Å². The van der Waals surface area contributed by atoms with Crippen molar-refractivity contribution in [1.82, 2.24) is 0 Å².